The maximum atomic E-state index is 13.7. The number of aliphatic hydroxyl groups is 6. The van der Waals surface area contributed by atoms with E-state index < -0.39 is 114 Å². The second-order valence-corrected chi connectivity index (χ2v) is 9.81. The topological polar surface area (TPSA) is 269 Å². The molecule has 228 valence electrons. The second kappa shape index (κ2) is 11.5. The van der Waals surface area contributed by atoms with Gasteiger partial charge in [0.25, 0.3) is 0 Å². The van der Waals surface area contributed by atoms with Crippen molar-refractivity contribution in [2.45, 2.75) is 55.3 Å². The third-order valence-electron chi connectivity index (χ3n) is 6.96. The molecule has 2 saturated heterocycles. The summed E-state index contributed by atoms with van der Waals surface area (Å²) in [5.41, 5.74) is -1.38. The van der Waals surface area contributed by atoms with E-state index in [4.69, 9.17) is 23.4 Å². The Labute approximate surface area is 235 Å². The molecule has 0 spiro atoms. The molecule has 2 fully saturated rings. The highest BCUT2D eigenvalue weighted by Gasteiger charge is 2.50. The summed E-state index contributed by atoms with van der Waals surface area (Å²) in [7, 11) is 0. The van der Waals surface area contributed by atoms with Crippen molar-refractivity contribution in [1.82, 2.24) is 0 Å². The number of aliphatic hydroxyl groups excluding tert-OH is 6. The summed E-state index contributed by atoms with van der Waals surface area (Å²) < 4.78 is 28.0. The van der Waals surface area contributed by atoms with Gasteiger partial charge in [-0.05, 0) is 18.2 Å². The van der Waals surface area contributed by atoms with E-state index in [0.717, 1.165) is 24.3 Å². The van der Waals surface area contributed by atoms with Crippen LogP contribution in [0.15, 0.2) is 39.5 Å². The van der Waals surface area contributed by atoms with E-state index in [1.54, 1.807) is 0 Å². The Balaban J connectivity index is 1.62. The van der Waals surface area contributed by atoms with Crippen molar-refractivity contribution in [3.8, 4) is 40.1 Å². The lowest BCUT2D eigenvalue weighted by molar-refractivity contribution is -0.345. The van der Waals surface area contributed by atoms with Gasteiger partial charge in [0.2, 0.25) is 17.5 Å². The molecule has 0 radical (unpaired) electrons. The van der Waals surface area contributed by atoms with Gasteiger partial charge < -0.3 is 74.4 Å². The van der Waals surface area contributed by atoms with Crippen LogP contribution in [0.2, 0.25) is 0 Å². The smallest absolute Gasteiger partial charge is 0.239 e. The van der Waals surface area contributed by atoms with Gasteiger partial charge in [0.05, 0.1) is 13.2 Å². The molecule has 10 N–H and O–H groups in total. The van der Waals surface area contributed by atoms with Gasteiger partial charge >= 0.3 is 0 Å². The van der Waals surface area contributed by atoms with Crippen molar-refractivity contribution in [3.63, 3.8) is 0 Å². The summed E-state index contributed by atoms with van der Waals surface area (Å²) in [6.45, 7) is -1.31. The number of hydrogen-bond donors (Lipinski definition) is 10. The molecule has 3 aromatic rings. The number of phenolic OH excluding ortho intramolecular Hbond substituents is 4. The molecule has 9 atom stereocenters. The predicted molar refractivity (Wildman–Crippen MR) is 136 cm³/mol. The molecule has 4 unspecified atom stereocenters. The first-order valence-corrected chi connectivity index (χ1v) is 12.6. The number of rotatable bonds is 6. The SMILES string of the molecule is O=c1c(O[C@@H]2OC(CO)[C@@H](O)C(O)C2O[C@@H]2OC[C@H](O)C(O)[C@H]2O)c(-c2ccc(O)c(O)c2)oc2cc(O)cc(O)c12. The van der Waals surface area contributed by atoms with Crippen LogP contribution in [0.5, 0.6) is 28.7 Å². The highest BCUT2D eigenvalue weighted by Crippen LogP contribution is 2.40. The molecular weight excluding hydrogens is 568 g/mol. The Morgan fingerprint density at radius 2 is 1.57 bits per heavy atom. The summed E-state index contributed by atoms with van der Waals surface area (Å²) in [5, 5.41) is 101. The lowest BCUT2D eigenvalue weighted by atomic mass is 9.98. The number of fused-ring (bicyclic) bond motifs is 1. The molecular formula is C26H28O16. The first kappa shape index (κ1) is 29.8. The van der Waals surface area contributed by atoms with E-state index in [-0.39, 0.29) is 11.1 Å². The van der Waals surface area contributed by atoms with Crippen molar-refractivity contribution in [2.24, 2.45) is 0 Å². The fourth-order valence-electron chi connectivity index (χ4n) is 4.70. The van der Waals surface area contributed by atoms with Crippen LogP contribution < -0.4 is 10.2 Å². The molecule has 2 aliphatic rings. The second-order valence-electron chi connectivity index (χ2n) is 9.81. The zero-order valence-electron chi connectivity index (χ0n) is 21.4. The molecule has 2 aromatic carbocycles. The Kier molecular flexibility index (Phi) is 8.17. The lowest BCUT2D eigenvalue weighted by Gasteiger charge is -2.44. The molecule has 42 heavy (non-hydrogen) atoms. The minimum absolute atomic E-state index is 0.0437. The van der Waals surface area contributed by atoms with Crippen molar-refractivity contribution < 1.29 is 74.4 Å². The first-order valence-electron chi connectivity index (χ1n) is 12.6. The third-order valence-corrected chi connectivity index (χ3v) is 6.96. The van der Waals surface area contributed by atoms with Gasteiger partial charge in [-0.25, -0.2) is 0 Å². The Morgan fingerprint density at radius 1 is 0.833 bits per heavy atom. The minimum Gasteiger partial charge on any atom is -0.508 e. The van der Waals surface area contributed by atoms with Crippen LogP contribution in [0.4, 0.5) is 0 Å². The zero-order chi connectivity index (χ0) is 30.5. The quantitative estimate of drug-likeness (QED) is 0.137. The summed E-state index contributed by atoms with van der Waals surface area (Å²) in [5.74, 6) is -3.39. The molecule has 0 bridgehead atoms. The number of phenols is 4. The van der Waals surface area contributed by atoms with Gasteiger partial charge in [0.15, 0.2) is 29.7 Å². The van der Waals surface area contributed by atoms with Crippen LogP contribution in [-0.2, 0) is 14.2 Å². The molecule has 1 aromatic heterocycles. The monoisotopic (exact) mass is 596 g/mol. The Morgan fingerprint density at radius 3 is 2.26 bits per heavy atom. The van der Waals surface area contributed by atoms with E-state index in [1.165, 1.54) is 6.07 Å². The van der Waals surface area contributed by atoms with Crippen LogP contribution in [0.1, 0.15) is 0 Å². The molecule has 0 aliphatic carbocycles. The molecule has 0 saturated carbocycles. The van der Waals surface area contributed by atoms with Gasteiger partial charge in [-0.1, -0.05) is 0 Å². The van der Waals surface area contributed by atoms with Gasteiger partial charge in [0.1, 0.15) is 59.1 Å². The van der Waals surface area contributed by atoms with Gasteiger partial charge in [-0.2, -0.15) is 0 Å². The van der Waals surface area contributed by atoms with Crippen LogP contribution in [0.3, 0.4) is 0 Å². The molecule has 3 heterocycles. The predicted octanol–water partition coefficient (Wildman–Crippen LogP) is -2.08. The largest absolute Gasteiger partial charge is 0.508 e. The van der Waals surface area contributed by atoms with Crippen molar-refractivity contribution in [3.05, 3.63) is 40.6 Å². The van der Waals surface area contributed by atoms with Crippen LogP contribution in [0, 0.1) is 0 Å². The number of aromatic hydroxyl groups is 4. The van der Waals surface area contributed by atoms with Gasteiger partial charge in [-0.15, -0.1) is 0 Å². The first-order chi connectivity index (χ1) is 19.9. The molecule has 16 heteroatoms. The van der Waals surface area contributed by atoms with Crippen molar-refractivity contribution in [2.75, 3.05) is 13.2 Å². The van der Waals surface area contributed by atoms with E-state index in [2.05, 4.69) is 0 Å². The van der Waals surface area contributed by atoms with Crippen molar-refractivity contribution >= 4 is 11.0 Å². The van der Waals surface area contributed by atoms with Crippen LogP contribution in [-0.4, -0.2) is 120 Å². The number of ether oxygens (including phenoxy) is 4. The average Bonchev–Trinajstić information content (AvgIpc) is 2.94. The van der Waals surface area contributed by atoms with Crippen LogP contribution >= 0.6 is 0 Å². The fraction of sp³-hybridized carbons (Fsp3) is 0.423. The highest BCUT2D eigenvalue weighted by atomic mass is 16.8. The standard InChI is InChI=1S/C26H28O16/c27-6-15-18(34)20(36)24(42-25-21(37)17(33)13(32)7-38-25)26(40-15)41-23-19(35)16-12(31)4-9(28)5-14(16)39-22(23)8-1-2-10(29)11(30)3-8/h1-5,13,15,17-18,20-21,24-34,36-37H,6-7H2/t13-,15?,17?,18+,20?,21+,24?,25-,26-/m0/s1. The Hall–Kier alpha value is -3.71. The van der Waals surface area contributed by atoms with Crippen LogP contribution in [0.25, 0.3) is 22.3 Å². The summed E-state index contributed by atoms with van der Waals surface area (Å²) in [6.07, 6.45) is -15.5. The fourth-order valence-corrected chi connectivity index (χ4v) is 4.70. The average molecular weight is 596 g/mol. The third kappa shape index (κ3) is 5.31. The highest BCUT2D eigenvalue weighted by molar-refractivity contribution is 5.88. The summed E-state index contributed by atoms with van der Waals surface area (Å²) in [4.78, 5) is 13.7. The van der Waals surface area contributed by atoms with E-state index >= 15 is 0 Å². The number of hydrogen-bond acceptors (Lipinski definition) is 16. The molecule has 0 amide bonds. The maximum absolute atomic E-state index is 13.7. The van der Waals surface area contributed by atoms with Gasteiger partial charge in [0, 0.05) is 17.7 Å². The van der Waals surface area contributed by atoms with E-state index in [1.807, 2.05) is 0 Å². The summed E-state index contributed by atoms with van der Waals surface area (Å²) in [6, 6.07) is 5.21. The Bertz CT molecular complexity index is 1510. The normalized spacial score (nSPS) is 31.7. The van der Waals surface area contributed by atoms with E-state index in [9.17, 15) is 55.9 Å². The van der Waals surface area contributed by atoms with Crippen molar-refractivity contribution in [1.29, 1.82) is 0 Å². The summed E-state index contributed by atoms with van der Waals surface area (Å²) >= 11 is 0. The molecule has 2 aliphatic heterocycles. The number of benzene rings is 2. The minimum atomic E-state index is -1.90. The van der Waals surface area contributed by atoms with E-state index in [0.29, 0.717) is 0 Å². The zero-order valence-corrected chi connectivity index (χ0v) is 21.4. The lowest BCUT2D eigenvalue weighted by Crippen LogP contribution is -2.64. The molecule has 5 rings (SSSR count). The molecule has 16 nitrogen and oxygen atoms in total. The maximum Gasteiger partial charge on any atom is 0.239 e. The van der Waals surface area contributed by atoms with Gasteiger partial charge in [-0.3, -0.25) is 4.79 Å².